The van der Waals surface area contributed by atoms with Gasteiger partial charge in [0.1, 0.15) is 6.07 Å². The lowest BCUT2D eigenvalue weighted by atomic mass is 9.93. The van der Waals surface area contributed by atoms with Crippen LogP contribution >= 0.6 is 11.6 Å². The minimum Gasteiger partial charge on any atom is -0.478 e. The van der Waals surface area contributed by atoms with Crippen molar-refractivity contribution in [2.75, 3.05) is 5.73 Å². The maximum absolute atomic E-state index is 11.4. The molecule has 23 heavy (non-hydrogen) atoms. The first-order valence-corrected chi connectivity index (χ1v) is 7.02. The van der Waals surface area contributed by atoms with E-state index in [0.717, 1.165) is 0 Å². The molecule has 5 nitrogen and oxygen atoms in total. The first-order valence-electron chi connectivity index (χ1n) is 6.64. The highest BCUT2D eigenvalue weighted by atomic mass is 35.5. The maximum Gasteiger partial charge on any atom is 0.337 e. The molecule has 0 aliphatic carbocycles. The van der Waals surface area contributed by atoms with Crippen molar-refractivity contribution < 1.29 is 9.90 Å². The van der Waals surface area contributed by atoms with Crippen LogP contribution < -0.4 is 5.73 Å². The van der Waals surface area contributed by atoms with Crippen LogP contribution in [0.4, 0.5) is 5.69 Å². The molecule has 112 valence electrons. The summed E-state index contributed by atoms with van der Waals surface area (Å²) in [5.41, 5.74) is 8.20. The van der Waals surface area contributed by atoms with Crippen LogP contribution in [0.1, 0.15) is 15.9 Å². The molecule has 6 heteroatoms. The number of nitriles is 1. The zero-order chi connectivity index (χ0) is 16.6. The van der Waals surface area contributed by atoms with Crippen LogP contribution in [-0.2, 0) is 0 Å². The Morgan fingerprint density at radius 2 is 2.04 bits per heavy atom. The average molecular weight is 324 g/mol. The Labute approximate surface area is 136 Å². The Kier molecular flexibility index (Phi) is 3.61. The van der Waals surface area contributed by atoms with Crippen LogP contribution in [0.25, 0.3) is 22.0 Å². The van der Waals surface area contributed by atoms with Crippen molar-refractivity contribution in [3.63, 3.8) is 0 Å². The number of hydrogen-bond acceptors (Lipinski definition) is 4. The number of rotatable bonds is 2. The summed E-state index contributed by atoms with van der Waals surface area (Å²) in [7, 11) is 0. The van der Waals surface area contributed by atoms with Crippen LogP contribution in [0.2, 0.25) is 5.02 Å². The molecular formula is C17H10ClN3O2. The zero-order valence-electron chi connectivity index (χ0n) is 11.7. The van der Waals surface area contributed by atoms with Gasteiger partial charge in [-0.1, -0.05) is 23.7 Å². The summed E-state index contributed by atoms with van der Waals surface area (Å²) < 4.78 is 0. The summed E-state index contributed by atoms with van der Waals surface area (Å²) in [6, 6.07) is 11.7. The first-order chi connectivity index (χ1) is 11.0. The van der Waals surface area contributed by atoms with E-state index in [4.69, 9.17) is 17.3 Å². The van der Waals surface area contributed by atoms with Gasteiger partial charge in [0.25, 0.3) is 0 Å². The van der Waals surface area contributed by atoms with Gasteiger partial charge >= 0.3 is 5.97 Å². The minimum absolute atomic E-state index is 0.0865. The number of nitrogen functional groups attached to an aromatic ring is 1. The Morgan fingerprint density at radius 1 is 1.26 bits per heavy atom. The minimum atomic E-state index is -1.07. The number of fused-ring (bicyclic) bond motifs is 1. The zero-order valence-corrected chi connectivity index (χ0v) is 12.5. The van der Waals surface area contributed by atoms with Crippen molar-refractivity contribution in [2.24, 2.45) is 0 Å². The van der Waals surface area contributed by atoms with E-state index in [1.165, 1.54) is 12.3 Å². The number of aromatic carboxylic acids is 1. The summed E-state index contributed by atoms with van der Waals surface area (Å²) in [5.74, 6) is -1.07. The molecule has 0 saturated carbocycles. The van der Waals surface area contributed by atoms with E-state index >= 15 is 0 Å². The monoisotopic (exact) mass is 323 g/mol. The van der Waals surface area contributed by atoms with Gasteiger partial charge in [0.2, 0.25) is 0 Å². The summed E-state index contributed by atoms with van der Waals surface area (Å²) >= 11 is 6.10. The highest BCUT2D eigenvalue weighted by molar-refractivity contribution is 6.32. The molecule has 0 bridgehead atoms. The molecule has 0 fully saturated rings. The third kappa shape index (κ3) is 2.35. The SMILES string of the molecule is N#Cc1c(Cl)ccc(N)c1-c1ccc(C(=O)O)c2ncccc12. The average Bonchev–Trinajstić information content (AvgIpc) is 2.55. The van der Waals surface area contributed by atoms with Crippen LogP contribution in [0, 0.1) is 11.3 Å². The number of carboxylic acid groups (broad SMARTS) is 1. The second-order valence-corrected chi connectivity index (χ2v) is 5.27. The second kappa shape index (κ2) is 5.59. The van der Waals surface area contributed by atoms with E-state index in [9.17, 15) is 15.2 Å². The lowest BCUT2D eigenvalue weighted by Gasteiger charge is -2.13. The Balaban J connectivity index is 2.45. The summed E-state index contributed by atoms with van der Waals surface area (Å²) in [5, 5.41) is 19.6. The van der Waals surface area contributed by atoms with Crippen LogP contribution in [0.3, 0.4) is 0 Å². The Bertz CT molecular complexity index is 993. The number of benzene rings is 2. The van der Waals surface area contributed by atoms with Crippen molar-refractivity contribution in [3.05, 3.63) is 58.7 Å². The van der Waals surface area contributed by atoms with E-state index in [2.05, 4.69) is 11.1 Å². The molecule has 0 aliphatic rings. The van der Waals surface area contributed by atoms with Crippen LogP contribution in [0.15, 0.2) is 42.6 Å². The van der Waals surface area contributed by atoms with Gasteiger partial charge in [-0.2, -0.15) is 5.26 Å². The molecule has 0 spiro atoms. The summed E-state index contributed by atoms with van der Waals surface area (Å²) in [6.07, 6.45) is 1.52. The largest absolute Gasteiger partial charge is 0.478 e. The molecule has 0 saturated heterocycles. The first kappa shape index (κ1) is 14.8. The normalized spacial score (nSPS) is 10.4. The fourth-order valence-corrected chi connectivity index (χ4v) is 2.76. The summed E-state index contributed by atoms with van der Waals surface area (Å²) in [6.45, 7) is 0. The van der Waals surface area contributed by atoms with Gasteiger partial charge in [0.05, 0.1) is 21.7 Å². The molecule has 0 atom stereocenters. The lowest BCUT2D eigenvalue weighted by Crippen LogP contribution is -2.01. The maximum atomic E-state index is 11.4. The number of nitrogens with two attached hydrogens (primary N) is 1. The fourth-order valence-electron chi connectivity index (χ4n) is 2.56. The Morgan fingerprint density at radius 3 is 2.74 bits per heavy atom. The molecule has 1 heterocycles. The topological polar surface area (TPSA) is 100 Å². The molecule has 3 rings (SSSR count). The molecule has 0 aliphatic heterocycles. The molecule has 3 aromatic rings. The predicted octanol–water partition coefficient (Wildman–Crippen LogP) is 3.71. The van der Waals surface area contributed by atoms with Crippen molar-refractivity contribution in [2.45, 2.75) is 0 Å². The van der Waals surface area contributed by atoms with Crippen molar-refractivity contribution in [1.82, 2.24) is 4.98 Å². The predicted molar refractivity (Wildman–Crippen MR) is 88.3 cm³/mol. The van der Waals surface area contributed by atoms with Gasteiger partial charge in [0.15, 0.2) is 0 Å². The number of pyridine rings is 1. The van der Waals surface area contributed by atoms with E-state index < -0.39 is 5.97 Å². The molecule has 1 aromatic heterocycles. The van der Waals surface area contributed by atoms with Crippen molar-refractivity contribution in [1.29, 1.82) is 5.26 Å². The van der Waals surface area contributed by atoms with Gasteiger partial charge in [0, 0.05) is 22.8 Å². The number of hydrogen-bond donors (Lipinski definition) is 2. The second-order valence-electron chi connectivity index (χ2n) is 4.86. The van der Waals surface area contributed by atoms with Crippen molar-refractivity contribution >= 4 is 34.2 Å². The molecule has 0 radical (unpaired) electrons. The highest BCUT2D eigenvalue weighted by Crippen LogP contribution is 2.38. The standard InChI is InChI=1S/C17H10ClN3O2/c18-13-5-6-14(20)15(12(13)8-19)9-3-4-11(17(22)23)16-10(9)2-1-7-21-16/h1-7H,20H2,(H,22,23). The number of aromatic nitrogens is 1. The van der Waals surface area contributed by atoms with Gasteiger partial charge in [-0.25, -0.2) is 4.79 Å². The fraction of sp³-hybridized carbons (Fsp3) is 0. The highest BCUT2D eigenvalue weighted by Gasteiger charge is 2.18. The van der Waals surface area contributed by atoms with E-state index in [1.54, 1.807) is 30.3 Å². The third-order valence-corrected chi connectivity index (χ3v) is 3.88. The van der Waals surface area contributed by atoms with Gasteiger partial charge < -0.3 is 10.8 Å². The molecule has 0 unspecified atom stereocenters. The van der Waals surface area contributed by atoms with E-state index in [0.29, 0.717) is 27.7 Å². The lowest BCUT2D eigenvalue weighted by molar-refractivity contribution is 0.0699. The number of halogens is 1. The van der Waals surface area contributed by atoms with Crippen LogP contribution in [-0.4, -0.2) is 16.1 Å². The molecule has 3 N–H and O–H groups in total. The van der Waals surface area contributed by atoms with Gasteiger partial charge in [-0.15, -0.1) is 0 Å². The van der Waals surface area contributed by atoms with Gasteiger partial charge in [-0.05, 0) is 29.8 Å². The quantitative estimate of drug-likeness (QED) is 0.700. The van der Waals surface area contributed by atoms with Crippen molar-refractivity contribution in [3.8, 4) is 17.2 Å². The molecule has 2 aromatic carbocycles. The molecular weight excluding hydrogens is 314 g/mol. The molecule has 0 amide bonds. The van der Waals surface area contributed by atoms with E-state index in [-0.39, 0.29) is 16.1 Å². The van der Waals surface area contributed by atoms with Crippen LogP contribution in [0.5, 0.6) is 0 Å². The number of nitrogens with zero attached hydrogens (tertiary/aromatic N) is 2. The smallest absolute Gasteiger partial charge is 0.337 e. The number of carbonyl (C=O) groups is 1. The summed E-state index contributed by atoms with van der Waals surface area (Å²) in [4.78, 5) is 15.5. The van der Waals surface area contributed by atoms with E-state index in [1.807, 2.05) is 0 Å². The third-order valence-electron chi connectivity index (χ3n) is 3.57. The number of anilines is 1. The number of carboxylic acids is 1. The Hall–Kier alpha value is -3.10. The van der Waals surface area contributed by atoms with Gasteiger partial charge in [-0.3, -0.25) is 4.98 Å².